The molecule has 0 saturated heterocycles. The Labute approximate surface area is 187 Å². The number of hydrogen-bond acceptors (Lipinski definition) is 3. The summed E-state index contributed by atoms with van der Waals surface area (Å²) in [5, 5.41) is 0.246. The van der Waals surface area contributed by atoms with Crippen LogP contribution in [0.1, 0.15) is 24.0 Å². The zero-order valence-corrected chi connectivity index (χ0v) is 18.7. The fraction of sp³-hybridized carbons (Fsp3) is 0.304. The van der Waals surface area contributed by atoms with Crippen LogP contribution >= 0.6 is 23.2 Å². The molecule has 0 N–H and O–H groups in total. The summed E-state index contributed by atoms with van der Waals surface area (Å²) in [5.74, 6) is 0.248. The van der Waals surface area contributed by atoms with E-state index in [2.05, 4.69) is 12.2 Å². The molecule has 2 aliphatic rings. The Morgan fingerprint density at radius 2 is 1.73 bits per heavy atom. The molecule has 7 heteroatoms. The Kier molecular flexibility index (Phi) is 6.66. The molecule has 2 aromatic rings. The third-order valence-corrected chi connectivity index (χ3v) is 8.40. The normalized spacial score (nSPS) is 22.3. The number of fused-ring (bicyclic) bond motifs is 1. The van der Waals surface area contributed by atoms with E-state index in [-0.39, 0.29) is 33.4 Å². The van der Waals surface area contributed by atoms with Crippen molar-refractivity contribution in [2.45, 2.75) is 36.9 Å². The molecule has 1 aliphatic heterocycles. The van der Waals surface area contributed by atoms with Crippen LogP contribution in [0.4, 0.5) is 0 Å². The number of benzene rings is 2. The van der Waals surface area contributed by atoms with E-state index in [1.54, 1.807) is 18.2 Å². The maximum absolute atomic E-state index is 13.8. The first-order valence-corrected chi connectivity index (χ1v) is 12.1. The van der Waals surface area contributed by atoms with Crippen molar-refractivity contribution in [2.75, 3.05) is 6.61 Å². The van der Waals surface area contributed by atoms with Gasteiger partial charge in [-0.15, -0.1) is 0 Å². The maximum atomic E-state index is 13.8. The minimum Gasteiger partial charge on any atom is -0.375 e. The Balaban J connectivity index is 1.77. The maximum Gasteiger partial charge on any atom is 0.246 e. The minimum atomic E-state index is -3.96. The molecule has 0 saturated carbocycles. The Bertz CT molecular complexity index is 1060. The van der Waals surface area contributed by atoms with E-state index < -0.39 is 10.0 Å². The smallest absolute Gasteiger partial charge is 0.246 e. The highest BCUT2D eigenvalue weighted by Crippen LogP contribution is 2.35. The van der Waals surface area contributed by atoms with Crippen molar-refractivity contribution in [2.24, 2.45) is 5.92 Å². The second-order valence-electron chi connectivity index (χ2n) is 7.58. The van der Waals surface area contributed by atoms with Crippen LogP contribution in [-0.2, 0) is 27.9 Å². The van der Waals surface area contributed by atoms with E-state index in [0.717, 1.165) is 17.5 Å². The second kappa shape index (κ2) is 9.25. The van der Waals surface area contributed by atoms with Gasteiger partial charge in [-0.2, -0.15) is 4.31 Å². The summed E-state index contributed by atoms with van der Waals surface area (Å²) < 4.78 is 35.1. The van der Waals surface area contributed by atoms with Crippen molar-refractivity contribution < 1.29 is 13.2 Å². The molecule has 2 unspecified atom stereocenters. The monoisotopic (exact) mass is 463 g/mol. The van der Waals surface area contributed by atoms with Crippen LogP contribution in [0, 0.1) is 5.92 Å². The van der Waals surface area contributed by atoms with Crippen molar-refractivity contribution in [1.82, 2.24) is 4.31 Å². The predicted octanol–water partition coefficient (Wildman–Crippen LogP) is 5.61. The summed E-state index contributed by atoms with van der Waals surface area (Å²) in [7, 11) is -3.96. The molecule has 158 valence electrons. The largest absolute Gasteiger partial charge is 0.375 e. The first-order valence-electron chi connectivity index (χ1n) is 9.90. The molecule has 1 heterocycles. The highest BCUT2D eigenvalue weighted by Gasteiger charge is 2.37. The van der Waals surface area contributed by atoms with Crippen molar-refractivity contribution in [3.05, 3.63) is 87.9 Å². The van der Waals surface area contributed by atoms with Gasteiger partial charge in [-0.3, -0.25) is 0 Å². The zero-order valence-electron chi connectivity index (χ0n) is 16.4. The molecule has 30 heavy (non-hydrogen) atoms. The van der Waals surface area contributed by atoms with E-state index >= 15 is 0 Å². The number of halogens is 2. The molecule has 0 spiro atoms. The Morgan fingerprint density at radius 1 is 1.00 bits per heavy atom. The summed E-state index contributed by atoms with van der Waals surface area (Å²) in [4.78, 5) is -0.0459. The van der Waals surface area contributed by atoms with E-state index in [9.17, 15) is 8.42 Å². The molecule has 0 radical (unpaired) electrons. The van der Waals surface area contributed by atoms with E-state index in [1.165, 1.54) is 4.31 Å². The highest BCUT2D eigenvalue weighted by molar-refractivity contribution is 7.89. The average molecular weight is 464 g/mol. The van der Waals surface area contributed by atoms with Gasteiger partial charge in [-0.1, -0.05) is 77.8 Å². The fourth-order valence-corrected chi connectivity index (χ4v) is 6.70. The summed E-state index contributed by atoms with van der Waals surface area (Å²) in [6, 6.07) is 12.2. The summed E-state index contributed by atoms with van der Waals surface area (Å²) >= 11 is 12.6. The lowest BCUT2D eigenvalue weighted by Gasteiger charge is -2.35. The molecule has 2 aromatic carbocycles. The first-order chi connectivity index (χ1) is 14.5. The average Bonchev–Trinajstić information content (AvgIpc) is 2.71. The predicted molar refractivity (Wildman–Crippen MR) is 120 cm³/mol. The molecular formula is C23H23Cl2NO3S. The molecule has 0 amide bonds. The van der Waals surface area contributed by atoms with Gasteiger partial charge in [0.05, 0.1) is 23.3 Å². The van der Waals surface area contributed by atoms with Gasteiger partial charge in [-0.05, 0) is 42.0 Å². The second-order valence-corrected chi connectivity index (χ2v) is 10.2. The van der Waals surface area contributed by atoms with Gasteiger partial charge in [0.2, 0.25) is 10.0 Å². The summed E-state index contributed by atoms with van der Waals surface area (Å²) in [6.45, 7) is 1.03. The number of ether oxygens (including phenoxy) is 1. The standard InChI is InChI=1S/C23H23Cl2NO3S/c24-21-11-6-12-22(25)23(21)30(27,28)26-14-18-9-4-5-10-19(18)15-29-16-20(26)13-17-7-2-1-3-8-17/h1-7,9-12,17,20H,8,13-16H2. The van der Waals surface area contributed by atoms with Crippen LogP contribution in [0.5, 0.6) is 0 Å². The number of nitrogens with zero attached hydrogens (tertiary/aromatic N) is 1. The van der Waals surface area contributed by atoms with Crippen molar-refractivity contribution in [3.63, 3.8) is 0 Å². The van der Waals surface area contributed by atoms with Gasteiger partial charge in [0, 0.05) is 12.6 Å². The van der Waals surface area contributed by atoms with Crippen LogP contribution in [0.3, 0.4) is 0 Å². The molecular weight excluding hydrogens is 441 g/mol. The Hall–Kier alpha value is -1.63. The van der Waals surface area contributed by atoms with Gasteiger partial charge in [0.15, 0.2) is 0 Å². The van der Waals surface area contributed by atoms with E-state index in [0.29, 0.717) is 19.6 Å². The fourth-order valence-electron chi connectivity index (χ4n) is 4.01. The zero-order chi connectivity index (χ0) is 21.1. The van der Waals surface area contributed by atoms with Crippen molar-refractivity contribution in [1.29, 1.82) is 0 Å². The van der Waals surface area contributed by atoms with Crippen LogP contribution in [0.15, 0.2) is 71.7 Å². The molecule has 0 bridgehead atoms. The van der Waals surface area contributed by atoms with Crippen LogP contribution in [0.2, 0.25) is 10.0 Å². The molecule has 0 fully saturated rings. The van der Waals surface area contributed by atoms with Crippen LogP contribution < -0.4 is 0 Å². The van der Waals surface area contributed by atoms with Gasteiger partial charge in [0.1, 0.15) is 4.90 Å². The van der Waals surface area contributed by atoms with Gasteiger partial charge < -0.3 is 4.74 Å². The molecule has 4 rings (SSSR count). The molecule has 0 aromatic heterocycles. The van der Waals surface area contributed by atoms with Gasteiger partial charge in [0.25, 0.3) is 0 Å². The highest BCUT2D eigenvalue weighted by atomic mass is 35.5. The lowest BCUT2D eigenvalue weighted by atomic mass is 9.93. The first kappa shape index (κ1) is 21.6. The quantitative estimate of drug-likeness (QED) is 0.592. The molecule has 4 nitrogen and oxygen atoms in total. The number of allylic oxidation sites excluding steroid dienone is 4. The Morgan fingerprint density at radius 3 is 2.43 bits per heavy atom. The van der Waals surface area contributed by atoms with E-state index in [4.69, 9.17) is 27.9 Å². The topological polar surface area (TPSA) is 46.6 Å². The van der Waals surface area contributed by atoms with Crippen LogP contribution in [-0.4, -0.2) is 25.4 Å². The van der Waals surface area contributed by atoms with Gasteiger partial charge >= 0.3 is 0 Å². The van der Waals surface area contributed by atoms with Crippen LogP contribution in [0.25, 0.3) is 0 Å². The number of hydrogen-bond donors (Lipinski definition) is 0. The molecule has 1 aliphatic carbocycles. The number of sulfonamides is 1. The third kappa shape index (κ3) is 4.51. The number of rotatable bonds is 4. The minimum absolute atomic E-state index is 0.0459. The lowest BCUT2D eigenvalue weighted by molar-refractivity contribution is 0.0605. The summed E-state index contributed by atoms with van der Waals surface area (Å²) in [5.41, 5.74) is 1.91. The lowest BCUT2D eigenvalue weighted by Crippen LogP contribution is -2.44. The third-order valence-electron chi connectivity index (χ3n) is 5.55. The molecule has 2 atom stereocenters. The SMILES string of the molecule is O=S(=O)(c1c(Cl)cccc1Cl)N1Cc2ccccc2COCC1CC1C=CC=CC1. The van der Waals surface area contributed by atoms with Gasteiger partial charge in [-0.25, -0.2) is 8.42 Å². The van der Waals surface area contributed by atoms with E-state index in [1.807, 2.05) is 36.4 Å². The van der Waals surface area contributed by atoms with Crippen molar-refractivity contribution >= 4 is 33.2 Å². The van der Waals surface area contributed by atoms with Crippen molar-refractivity contribution in [3.8, 4) is 0 Å². The summed E-state index contributed by atoms with van der Waals surface area (Å²) in [6.07, 6.45) is 9.79.